The van der Waals surface area contributed by atoms with Crippen LogP contribution in [0.2, 0.25) is 0 Å². The van der Waals surface area contributed by atoms with Gasteiger partial charge in [-0.15, -0.1) is 0 Å². The molecule has 6 heteroatoms. The van der Waals surface area contributed by atoms with Crippen LogP contribution in [0.5, 0.6) is 11.5 Å². The van der Waals surface area contributed by atoms with Crippen LogP contribution in [0.25, 0.3) is 0 Å². The Morgan fingerprint density at radius 3 is 2.71 bits per heavy atom. The predicted octanol–water partition coefficient (Wildman–Crippen LogP) is 2.94. The van der Waals surface area contributed by atoms with E-state index in [9.17, 15) is 4.79 Å². The Kier molecular flexibility index (Phi) is 3.87. The number of hydrazone groups is 1. The van der Waals surface area contributed by atoms with Gasteiger partial charge in [0.05, 0.1) is 6.21 Å². The minimum Gasteiger partial charge on any atom is -0.454 e. The van der Waals surface area contributed by atoms with Crippen LogP contribution in [-0.2, 0) is 0 Å². The molecule has 21 heavy (non-hydrogen) atoms. The number of nitrogens with zero attached hydrogens (tertiary/aromatic N) is 1. The fraction of sp³-hybridized carbons (Fsp3) is 0.0667. The zero-order valence-corrected chi connectivity index (χ0v) is 12.5. The molecular formula is C15H11BrN2O3. The summed E-state index contributed by atoms with van der Waals surface area (Å²) in [6.07, 6.45) is 1.58. The molecule has 1 amide bonds. The van der Waals surface area contributed by atoms with Crippen molar-refractivity contribution in [2.24, 2.45) is 5.10 Å². The number of halogens is 1. The van der Waals surface area contributed by atoms with Crippen LogP contribution in [0.1, 0.15) is 15.9 Å². The fourth-order valence-electron chi connectivity index (χ4n) is 1.82. The Morgan fingerprint density at radius 1 is 1.14 bits per heavy atom. The van der Waals surface area contributed by atoms with E-state index in [1.165, 1.54) is 0 Å². The van der Waals surface area contributed by atoms with Crippen LogP contribution >= 0.6 is 15.9 Å². The molecule has 3 rings (SSSR count). The summed E-state index contributed by atoms with van der Waals surface area (Å²) in [5.74, 6) is 0.908. The van der Waals surface area contributed by atoms with E-state index < -0.39 is 0 Å². The quantitative estimate of drug-likeness (QED) is 0.686. The number of hydrogen-bond donors (Lipinski definition) is 1. The van der Waals surface area contributed by atoms with Gasteiger partial charge in [0.1, 0.15) is 0 Å². The van der Waals surface area contributed by atoms with Crippen molar-refractivity contribution in [1.82, 2.24) is 5.43 Å². The van der Waals surface area contributed by atoms with Crippen molar-refractivity contribution >= 4 is 28.1 Å². The summed E-state index contributed by atoms with van der Waals surface area (Å²) in [6, 6.07) is 12.6. The van der Waals surface area contributed by atoms with Crippen LogP contribution in [0.4, 0.5) is 0 Å². The van der Waals surface area contributed by atoms with E-state index in [2.05, 4.69) is 26.5 Å². The number of amides is 1. The lowest BCUT2D eigenvalue weighted by molar-refractivity contribution is 0.0954. The third-order valence-electron chi connectivity index (χ3n) is 2.88. The van der Waals surface area contributed by atoms with Gasteiger partial charge in [-0.25, -0.2) is 5.43 Å². The molecule has 0 aromatic heterocycles. The van der Waals surface area contributed by atoms with Gasteiger partial charge in [0.2, 0.25) is 6.79 Å². The second-order valence-electron chi connectivity index (χ2n) is 4.32. The smallest absolute Gasteiger partial charge is 0.271 e. The van der Waals surface area contributed by atoms with Crippen molar-refractivity contribution in [2.45, 2.75) is 0 Å². The van der Waals surface area contributed by atoms with Crippen molar-refractivity contribution in [1.29, 1.82) is 0 Å². The highest BCUT2D eigenvalue weighted by molar-refractivity contribution is 9.10. The van der Waals surface area contributed by atoms with Gasteiger partial charge in [-0.3, -0.25) is 4.79 Å². The molecule has 2 aromatic carbocycles. The van der Waals surface area contributed by atoms with Crippen LogP contribution in [0, 0.1) is 0 Å². The van der Waals surface area contributed by atoms with Gasteiger partial charge in [0.25, 0.3) is 5.91 Å². The molecule has 0 aliphatic carbocycles. The SMILES string of the molecule is O=C(N/N=C/c1ccc(Br)cc1)c1ccc2c(c1)OCO2. The van der Waals surface area contributed by atoms with E-state index in [0.717, 1.165) is 10.0 Å². The summed E-state index contributed by atoms with van der Waals surface area (Å²) in [7, 11) is 0. The van der Waals surface area contributed by atoms with E-state index in [-0.39, 0.29) is 12.7 Å². The van der Waals surface area contributed by atoms with Crippen LogP contribution in [0.3, 0.4) is 0 Å². The van der Waals surface area contributed by atoms with Crippen molar-refractivity contribution in [3.63, 3.8) is 0 Å². The number of ether oxygens (including phenoxy) is 2. The van der Waals surface area contributed by atoms with E-state index >= 15 is 0 Å². The first-order valence-corrected chi connectivity index (χ1v) is 7.00. The molecule has 5 nitrogen and oxygen atoms in total. The molecular weight excluding hydrogens is 336 g/mol. The minimum atomic E-state index is -0.304. The molecule has 1 heterocycles. The Balaban J connectivity index is 1.65. The lowest BCUT2D eigenvalue weighted by Crippen LogP contribution is -2.17. The first-order valence-electron chi connectivity index (χ1n) is 6.21. The van der Waals surface area contributed by atoms with E-state index in [1.807, 2.05) is 24.3 Å². The van der Waals surface area contributed by atoms with Gasteiger partial charge in [-0.1, -0.05) is 28.1 Å². The zero-order chi connectivity index (χ0) is 14.7. The van der Waals surface area contributed by atoms with Crippen molar-refractivity contribution < 1.29 is 14.3 Å². The Bertz CT molecular complexity index is 699. The number of hydrogen-bond acceptors (Lipinski definition) is 4. The number of rotatable bonds is 3. The molecule has 0 fully saturated rings. The first kappa shape index (κ1) is 13.6. The monoisotopic (exact) mass is 346 g/mol. The van der Waals surface area contributed by atoms with Gasteiger partial charge < -0.3 is 9.47 Å². The molecule has 0 bridgehead atoms. The van der Waals surface area contributed by atoms with Crippen molar-refractivity contribution in [3.8, 4) is 11.5 Å². The summed E-state index contributed by atoms with van der Waals surface area (Å²) >= 11 is 3.36. The van der Waals surface area contributed by atoms with Crippen LogP contribution in [0.15, 0.2) is 52.0 Å². The van der Waals surface area contributed by atoms with Gasteiger partial charge >= 0.3 is 0 Å². The van der Waals surface area contributed by atoms with Gasteiger partial charge in [-0.2, -0.15) is 5.10 Å². The van der Waals surface area contributed by atoms with Crippen LogP contribution in [-0.4, -0.2) is 18.9 Å². The average Bonchev–Trinajstić information content (AvgIpc) is 2.96. The number of carbonyl (C=O) groups excluding carboxylic acids is 1. The van der Waals surface area contributed by atoms with E-state index in [4.69, 9.17) is 9.47 Å². The molecule has 0 unspecified atom stereocenters. The third-order valence-corrected chi connectivity index (χ3v) is 3.41. The molecule has 0 spiro atoms. The topological polar surface area (TPSA) is 59.9 Å². The lowest BCUT2D eigenvalue weighted by Gasteiger charge is -2.01. The molecule has 0 radical (unpaired) electrons. The maximum Gasteiger partial charge on any atom is 0.271 e. The molecule has 0 saturated carbocycles. The molecule has 0 atom stereocenters. The van der Waals surface area contributed by atoms with Gasteiger partial charge in [-0.05, 0) is 35.9 Å². The summed E-state index contributed by atoms with van der Waals surface area (Å²) < 4.78 is 11.4. The largest absolute Gasteiger partial charge is 0.454 e. The Morgan fingerprint density at radius 2 is 1.90 bits per heavy atom. The van der Waals surface area contributed by atoms with Crippen molar-refractivity contribution in [2.75, 3.05) is 6.79 Å². The van der Waals surface area contributed by atoms with Gasteiger partial charge in [0.15, 0.2) is 11.5 Å². The summed E-state index contributed by atoms with van der Waals surface area (Å²) in [6.45, 7) is 0.183. The molecule has 106 valence electrons. The summed E-state index contributed by atoms with van der Waals surface area (Å²) in [5, 5.41) is 3.93. The van der Waals surface area contributed by atoms with Gasteiger partial charge in [0, 0.05) is 10.0 Å². The summed E-state index contributed by atoms with van der Waals surface area (Å²) in [4.78, 5) is 12.0. The minimum absolute atomic E-state index is 0.183. The van der Waals surface area contributed by atoms with E-state index in [0.29, 0.717) is 17.1 Å². The van der Waals surface area contributed by atoms with Crippen molar-refractivity contribution in [3.05, 3.63) is 58.1 Å². The Labute approximate surface area is 129 Å². The number of benzene rings is 2. The Hall–Kier alpha value is -2.34. The average molecular weight is 347 g/mol. The molecule has 1 N–H and O–H groups in total. The second kappa shape index (κ2) is 5.97. The highest BCUT2D eigenvalue weighted by atomic mass is 79.9. The maximum atomic E-state index is 12.0. The maximum absolute atomic E-state index is 12.0. The molecule has 0 saturated heterocycles. The van der Waals surface area contributed by atoms with Crippen LogP contribution < -0.4 is 14.9 Å². The molecule has 1 aliphatic rings. The highest BCUT2D eigenvalue weighted by Gasteiger charge is 2.15. The fourth-order valence-corrected chi connectivity index (χ4v) is 2.08. The first-order chi connectivity index (χ1) is 10.2. The number of carbonyl (C=O) groups is 1. The lowest BCUT2D eigenvalue weighted by atomic mass is 10.2. The molecule has 1 aliphatic heterocycles. The normalized spacial score (nSPS) is 12.6. The zero-order valence-electron chi connectivity index (χ0n) is 10.9. The van der Waals surface area contributed by atoms with E-state index in [1.54, 1.807) is 24.4 Å². The molecule has 2 aromatic rings. The summed E-state index contributed by atoms with van der Waals surface area (Å²) in [5.41, 5.74) is 3.83. The number of nitrogens with one attached hydrogen (secondary N) is 1. The second-order valence-corrected chi connectivity index (χ2v) is 5.23. The third kappa shape index (κ3) is 3.22. The standard InChI is InChI=1S/C15H11BrN2O3/c16-12-4-1-10(2-5-12)8-17-18-15(19)11-3-6-13-14(7-11)21-9-20-13/h1-8H,9H2,(H,18,19)/b17-8+. The highest BCUT2D eigenvalue weighted by Crippen LogP contribution is 2.32. The number of fused-ring (bicyclic) bond motifs is 1. The predicted molar refractivity (Wildman–Crippen MR) is 81.8 cm³/mol.